The van der Waals surface area contributed by atoms with Gasteiger partial charge >= 0.3 is 0 Å². The first kappa shape index (κ1) is 9.08. The summed E-state index contributed by atoms with van der Waals surface area (Å²) in [4.78, 5) is 2.58. The molecule has 2 nitrogen and oxygen atoms in total. The van der Waals surface area contributed by atoms with E-state index in [0.717, 1.165) is 12.6 Å². The SMILES string of the molecule is Cc1cc2c(cc1C)N1CCC[C@H]1CN2. The van der Waals surface area contributed by atoms with Gasteiger partial charge in [0.1, 0.15) is 0 Å². The second-order valence-electron chi connectivity index (χ2n) is 4.82. The third kappa shape index (κ3) is 1.31. The Bertz CT molecular complexity index is 398. The Kier molecular flexibility index (Phi) is 1.91. The van der Waals surface area contributed by atoms with E-state index in [1.54, 1.807) is 0 Å². The minimum absolute atomic E-state index is 0.736. The predicted molar refractivity (Wildman–Crippen MR) is 64.8 cm³/mol. The molecule has 1 saturated heterocycles. The van der Waals surface area contributed by atoms with Gasteiger partial charge in [0, 0.05) is 19.1 Å². The zero-order chi connectivity index (χ0) is 10.4. The fourth-order valence-electron chi connectivity index (χ4n) is 2.77. The molecule has 2 aliphatic heterocycles. The second-order valence-corrected chi connectivity index (χ2v) is 4.82. The smallest absolute Gasteiger partial charge is 0.0608 e. The Morgan fingerprint density at radius 3 is 2.93 bits per heavy atom. The molecule has 1 aromatic carbocycles. The van der Waals surface area contributed by atoms with Crippen molar-refractivity contribution in [3.63, 3.8) is 0 Å². The average molecular weight is 202 g/mol. The van der Waals surface area contributed by atoms with Crippen molar-refractivity contribution in [3.05, 3.63) is 23.3 Å². The molecule has 0 radical (unpaired) electrons. The number of anilines is 2. The molecule has 1 atom stereocenters. The molecule has 0 aromatic heterocycles. The number of nitrogens with one attached hydrogen (secondary N) is 1. The normalized spacial score (nSPS) is 23.3. The topological polar surface area (TPSA) is 15.3 Å². The molecule has 3 rings (SSSR count). The summed E-state index contributed by atoms with van der Waals surface area (Å²) in [6, 6.07) is 5.37. The van der Waals surface area contributed by atoms with Crippen molar-refractivity contribution in [1.82, 2.24) is 0 Å². The molecule has 0 amide bonds. The van der Waals surface area contributed by atoms with Crippen LogP contribution >= 0.6 is 0 Å². The van der Waals surface area contributed by atoms with Gasteiger partial charge in [0.05, 0.1) is 11.4 Å². The maximum Gasteiger partial charge on any atom is 0.0608 e. The Morgan fingerprint density at radius 2 is 2.07 bits per heavy atom. The summed E-state index contributed by atoms with van der Waals surface area (Å²) in [7, 11) is 0. The van der Waals surface area contributed by atoms with E-state index in [9.17, 15) is 0 Å². The maximum atomic E-state index is 3.56. The average Bonchev–Trinajstić information content (AvgIpc) is 2.68. The molecule has 0 bridgehead atoms. The molecule has 2 heteroatoms. The monoisotopic (exact) mass is 202 g/mol. The van der Waals surface area contributed by atoms with E-state index in [2.05, 4.69) is 36.2 Å². The molecule has 0 saturated carbocycles. The Morgan fingerprint density at radius 1 is 1.27 bits per heavy atom. The standard InChI is InChI=1S/C13H18N2/c1-9-6-12-13(7-10(9)2)15-5-3-4-11(15)8-14-12/h6-7,11,14H,3-5,8H2,1-2H3/t11-/m0/s1. The Labute approximate surface area is 91.3 Å². The van der Waals surface area contributed by atoms with Crippen LogP contribution in [0.2, 0.25) is 0 Å². The fraction of sp³-hybridized carbons (Fsp3) is 0.538. The first-order chi connectivity index (χ1) is 7.25. The van der Waals surface area contributed by atoms with Crippen LogP contribution in [0.15, 0.2) is 12.1 Å². The molecule has 1 fully saturated rings. The van der Waals surface area contributed by atoms with Crippen LogP contribution in [0.3, 0.4) is 0 Å². The molecule has 2 aliphatic rings. The van der Waals surface area contributed by atoms with Gasteiger partial charge in [-0.25, -0.2) is 0 Å². The summed E-state index contributed by atoms with van der Waals surface area (Å²) >= 11 is 0. The van der Waals surface area contributed by atoms with E-state index >= 15 is 0 Å². The molecule has 1 N–H and O–H groups in total. The lowest BCUT2D eigenvalue weighted by atomic mass is 10.0. The van der Waals surface area contributed by atoms with Crippen molar-refractivity contribution in [2.45, 2.75) is 32.7 Å². The van der Waals surface area contributed by atoms with Gasteiger partial charge in [0.2, 0.25) is 0 Å². The lowest BCUT2D eigenvalue weighted by molar-refractivity contribution is 0.683. The highest BCUT2D eigenvalue weighted by Crippen LogP contribution is 2.37. The molecule has 1 aromatic rings. The summed E-state index contributed by atoms with van der Waals surface area (Å²) in [5.41, 5.74) is 5.55. The number of benzene rings is 1. The zero-order valence-corrected chi connectivity index (χ0v) is 9.51. The number of hydrogen-bond acceptors (Lipinski definition) is 2. The third-order valence-corrected chi connectivity index (χ3v) is 3.83. The lowest BCUT2D eigenvalue weighted by Gasteiger charge is -2.35. The van der Waals surface area contributed by atoms with Gasteiger partial charge in [-0.1, -0.05) is 0 Å². The number of aryl methyl sites for hydroxylation is 2. The minimum atomic E-state index is 0.736. The van der Waals surface area contributed by atoms with Crippen LogP contribution in [0.4, 0.5) is 11.4 Å². The molecular weight excluding hydrogens is 184 g/mol. The predicted octanol–water partition coefficient (Wildman–Crippen LogP) is 2.70. The van der Waals surface area contributed by atoms with Crippen LogP contribution in [0.25, 0.3) is 0 Å². The van der Waals surface area contributed by atoms with Gasteiger partial charge in [-0.15, -0.1) is 0 Å². The summed E-state index contributed by atoms with van der Waals surface area (Å²) in [5.74, 6) is 0. The van der Waals surface area contributed by atoms with Gasteiger partial charge in [0.25, 0.3) is 0 Å². The van der Waals surface area contributed by atoms with Crippen LogP contribution in [-0.2, 0) is 0 Å². The van der Waals surface area contributed by atoms with Crippen molar-refractivity contribution in [2.24, 2.45) is 0 Å². The first-order valence-electron chi connectivity index (χ1n) is 5.87. The largest absolute Gasteiger partial charge is 0.381 e. The van der Waals surface area contributed by atoms with Crippen LogP contribution in [-0.4, -0.2) is 19.1 Å². The quantitative estimate of drug-likeness (QED) is 0.696. The highest BCUT2D eigenvalue weighted by atomic mass is 15.2. The van der Waals surface area contributed by atoms with Crippen molar-refractivity contribution in [1.29, 1.82) is 0 Å². The van der Waals surface area contributed by atoms with E-state index in [1.165, 1.54) is 41.9 Å². The maximum absolute atomic E-state index is 3.56. The van der Waals surface area contributed by atoms with E-state index in [-0.39, 0.29) is 0 Å². The van der Waals surface area contributed by atoms with Crippen molar-refractivity contribution >= 4 is 11.4 Å². The van der Waals surface area contributed by atoms with E-state index < -0.39 is 0 Å². The van der Waals surface area contributed by atoms with E-state index in [4.69, 9.17) is 0 Å². The number of hydrogen-bond donors (Lipinski definition) is 1. The Balaban J connectivity index is 2.09. The summed E-state index contributed by atoms with van der Waals surface area (Å²) < 4.78 is 0. The minimum Gasteiger partial charge on any atom is -0.381 e. The Hall–Kier alpha value is -1.18. The highest BCUT2D eigenvalue weighted by molar-refractivity contribution is 5.75. The van der Waals surface area contributed by atoms with Crippen molar-refractivity contribution < 1.29 is 0 Å². The van der Waals surface area contributed by atoms with Crippen LogP contribution in [0.5, 0.6) is 0 Å². The number of fused-ring (bicyclic) bond motifs is 3. The molecule has 0 spiro atoms. The van der Waals surface area contributed by atoms with E-state index in [0.29, 0.717) is 0 Å². The fourth-order valence-corrected chi connectivity index (χ4v) is 2.77. The highest BCUT2D eigenvalue weighted by Gasteiger charge is 2.29. The molecule has 15 heavy (non-hydrogen) atoms. The van der Waals surface area contributed by atoms with Crippen molar-refractivity contribution in [2.75, 3.05) is 23.3 Å². The lowest BCUT2D eigenvalue weighted by Crippen LogP contribution is -2.39. The van der Waals surface area contributed by atoms with Gasteiger partial charge in [0.15, 0.2) is 0 Å². The van der Waals surface area contributed by atoms with Gasteiger partial charge in [-0.05, 0) is 49.9 Å². The van der Waals surface area contributed by atoms with Crippen LogP contribution in [0, 0.1) is 13.8 Å². The molecule has 2 heterocycles. The summed E-state index contributed by atoms with van der Waals surface area (Å²) in [6.45, 7) is 6.75. The van der Waals surface area contributed by atoms with E-state index in [1.807, 2.05) is 0 Å². The van der Waals surface area contributed by atoms with Gasteiger partial charge < -0.3 is 10.2 Å². The van der Waals surface area contributed by atoms with Gasteiger partial charge in [-0.2, -0.15) is 0 Å². The van der Waals surface area contributed by atoms with Crippen molar-refractivity contribution in [3.8, 4) is 0 Å². The number of rotatable bonds is 0. The molecule has 80 valence electrons. The zero-order valence-electron chi connectivity index (χ0n) is 9.51. The first-order valence-corrected chi connectivity index (χ1v) is 5.87. The second kappa shape index (κ2) is 3.16. The molecule has 0 aliphatic carbocycles. The third-order valence-electron chi connectivity index (χ3n) is 3.83. The van der Waals surface area contributed by atoms with Crippen LogP contribution in [0.1, 0.15) is 24.0 Å². The van der Waals surface area contributed by atoms with Crippen LogP contribution < -0.4 is 10.2 Å². The molecule has 0 unspecified atom stereocenters. The summed E-state index contributed by atoms with van der Waals surface area (Å²) in [5, 5.41) is 3.56. The number of nitrogens with zero attached hydrogens (tertiary/aromatic N) is 1. The summed E-state index contributed by atoms with van der Waals surface area (Å²) in [6.07, 6.45) is 2.69. The molecular formula is C13H18N2. The van der Waals surface area contributed by atoms with Gasteiger partial charge in [-0.3, -0.25) is 0 Å².